The summed E-state index contributed by atoms with van der Waals surface area (Å²) in [7, 11) is 0. The second kappa shape index (κ2) is 7.40. The van der Waals surface area contributed by atoms with E-state index in [2.05, 4.69) is 32.1 Å². The molecule has 0 radical (unpaired) electrons. The lowest BCUT2D eigenvalue weighted by atomic mass is 9.96. The van der Waals surface area contributed by atoms with E-state index in [1.807, 2.05) is 0 Å². The van der Waals surface area contributed by atoms with Gasteiger partial charge in [-0.15, -0.1) is 0 Å². The predicted octanol–water partition coefficient (Wildman–Crippen LogP) is 3.07. The monoisotopic (exact) mass is 378 g/mol. The molecule has 6 nitrogen and oxygen atoms in total. The van der Waals surface area contributed by atoms with Gasteiger partial charge in [0, 0.05) is 35.9 Å². The molecule has 1 N–H and O–H groups in total. The molecule has 138 valence electrons. The molecule has 8 heteroatoms. The standard InChI is InChI=1S/C20H12F2N4O2/c21-14-2-4-17(22)16(8-14)19-18(26-20(27)28-19)13-7-12(9-24-10-13)1-3-15-11-23-5-6-25-15/h2,4-11,18-19H,(H,26,27). The largest absolute Gasteiger partial charge is 0.439 e. The van der Waals surface area contributed by atoms with Crippen LogP contribution >= 0.6 is 0 Å². The molecule has 1 saturated heterocycles. The van der Waals surface area contributed by atoms with Crippen LogP contribution in [0.3, 0.4) is 0 Å². The molecule has 2 unspecified atom stereocenters. The smallest absolute Gasteiger partial charge is 0.408 e. The van der Waals surface area contributed by atoms with E-state index in [1.165, 1.54) is 18.6 Å². The quantitative estimate of drug-likeness (QED) is 0.694. The molecule has 1 fully saturated rings. The van der Waals surface area contributed by atoms with Crippen molar-refractivity contribution in [3.05, 3.63) is 89.3 Å². The molecule has 0 spiro atoms. The molecule has 0 bridgehead atoms. The molecule has 2 atom stereocenters. The zero-order valence-corrected chi connectivity index (χ0v) is 14.3. The molecule has 3 aromatic rings. The first-order valence-electron chi connectivity index (χ1n) is 8.25. The minimum atomic E-state index is -1.03. The molecule has 2 aromatic heterocycles. The van der Waals surface area contributed by atoms with Gasteiger partial charge in [-0.3, -0.25) is 9.97 Å². The fourth-order valence-corrected chi connectivity index (χ4v) is 2.85. The van der Waals surface area contributed by atoms with Crippen LogP contribution in [0.2, 0.25) is 0 Å². The maximum Gasteiger partial charge on any atom is 0.408 e. The summed E-state index contributed by atoms with van der Waals surface area (Å²) in [5, 5.41) is 2.61. The maximum absolute atomic E-state index is 14.2. The average molecular weight is 378 g/mol. The molecule has 1 aromatic carbocycles. The first kappa shape index (κ1) is 17.5. The number of carbonyl (C=O) groups excluding carboxylic acids is 1. The number of ether oxygens (including phenoxy) is 1. The minimum absolute atomic E-state index is 0.0561. The maximum atomic E-state index is 14.2. The van der Waals surface area contributed by atoms with E-state index < -0.39 is 29.9 Å². The first-order chi connectivity index (χ1) is 13.6. The Kier molecular flexibility index (Phi) is 4.64. The van der Waals surface area contributed by atoms with Gasteiger partial charge in [0.25, 0.3) is 0 Å². The van der Waals surface area contributed by atoms with Gasteiger partial charge >= 0.3 is 6.09 Å². The number of halogens is 2. The van der Waals surface area contributed by atoms with Crippen LogP contribution in [0.25, 0.3) is 0 Å². The molecule has 1 aliphatic heterocycles. The molecule has 1 amide bonds. The highest BCUT2D eigenvalue weighted by molar-refractivity contribution is 5.71. The number of benzene rings is 1. The number of cyclic esters (lactones) is 1. The number of hydrogen-bond acceptors (Lipinski definition) is 5. The van der Waals surface area contributed by atoms with Crippen LogP contribution in [-0.2, 0) is 4.74 Å². The molecular weight excluding hydrogens is 366 g/mol. The normalized spacial score (nSPS) is 18.0. The number of rotatable bonds is 2. The van der Waals surface area contributed by atoms with E-state index in [4.69, 9.17) is 4.74 Å². The van der Waals surface area contributed by atoms with Crippen molar-refractivity contribution >= 4 is 6.09 Å². The van der Waals surface area contributed by atoms with Gasteiger partial charge < -0.3 is 10.1 Å². The van der Waals surface area contributed by atoms with Gasteiger partial charge in [-0.2, -0.15) is 0 Å². The van der Waals surface area contributed by atoms with E-state index in [9.17, 15) is 13.6 Å². The highest BCUT2D eigenvalue weighted by atomic mass is 19.1. The number of alkyl carbamates (subject to hydrolysis) is 1. The molecular formula is C20H12F2N4O2. The first-order valence-corrected chi connectivity index (χ1v) is 8.25. The topological polar surface area (TPSA) is 77.0 Å². The van der Waals surface area contributed by atoms with Crippen molar-refractivity contribution in [3.8, 4) is 11.8 Å². The minimum Gasteiger partial charge on any atom is -0.439 e. The van der Waals surface area contributed by atoms with E-state index in [0.29, 0.717) is 16.8 Å². The van der Waals surface area contributed by atoms with E-state index >= 15 is 0 Å². The third-order valence-corrected chi connectivity index (χ3v) is 4.09. The fourth-order valence-electron chi connectivity index (χ4n) is 2.85. The highest BCUT2D eigenvalue weighted by Gasteiger charge is 2.38. The zero-order chi connectivity index (χ0) is 19.5. The lowest BCUT2D eigenvalue weighted by Gasteiger charge is -2.18. The number of amides is 1. The number of carbonyl (C=O) groups is 1. The fraction of sp³-hybridized carbons (Fsp3) is 0.100. The Labute approximate surface area is 158 Å². The highest BCUT2D eigenvalue weighted by Crippen LogP contribution is 2.37. The van der Waals surface area contributed by atoms with Gasteiger partial charge in [-0.05, 0) is 35.7 Å². The van der Waals surface area contributed by atoms with Crippen molar-refractivity contribution in [2.75, 3.05) is 0 Å². The lowest BCUT2D eigenvalue weighted by Crippen LogP contribution is -2.20. The molecule has 0 aliphatic carbocycles. The summed E-state index contributed by atoms with van der Waals surface area (Å²) >= 11 is 0. The van der Waals surface area contributed by atoms with Gasteiger partial charge in [-0.25, -0.2) is 18.6 Å². The third-order valence-electron chi connectivity index (χ3n) is 4.09. The van der Waals surface area contributed by atoms with E-state index in [-0.39, 0.29) is 5.56 Å². The molecule has 0 saturated carbocycles. The average Bonchev–Trinajstić information content (AvgIpc) is 3.11. The van der Waals surface area contributed by atoms with Crippen LogP contribution in [-0.4, -0.2) is 21.0 Å². The Bertz CT molecular complexity index is 1100. The summed E-state index contributed by atoms with van der Waals surface area (Å²) in [5.74, 6) is 4.47. The zero-order valence-electron chi connectivity index (χ0n) is 14.3. The van der Waals surface area contributed by atoms with Crippen LogP contribution in [0.1, 0.15) is 34.5 Å². The molecule has 1 aliphatic rings. The third kappa shape index (κ3) is 3.64. The van der Waals surface area contributed by atoms with Gasteiger partial charge in [-0.1, -0.05) is 5.92 Å². The van der Waals surface area contributed by atoms with Crippen molar-refractivity contribution in [2.24, 2.45) is 0 Å². The summed E-state index contributed by atoms with van der Waals surface area (Å²) in [6.45, 7) is 0. The van der Waals surface area contributed by atoms with Gasteiger partial charge in [0.05, 0.1) is 6.20 Å². The van der Waals surface area contributed by atoms with Gasteiger partial charge in [0.1, 0.15) is 23.4 Å². The molecule has 4 rings (SSSR count). The van der Waals surface area contributed by atoms with Crippen molar-refractivity contribution in [2.45, 2.75) is 12.1 Å². The Balaban J connectivity index is 1.67. The summed E-state index contributed by atoms with van der Waals surface area (Å²) in [6.07, 6.45) is 5.89. The number of hydrogen-bond donors (Lipinski definition) is 1. The van der Waals surface area contributed by atoms with Crippen molar-refractivity contribution in [1.82, 2.24) is 20.3 Å². The number of nitrogens with one attached hydrogen (secondary N) is 1. The van der Waals surface area contributed by atoms with Crippen LogP contribution in [0.15, 0.2) is 55.2 Å². The lowest BCUT2D eigenvalue weighted by molar-refractivity contribution is 0.130. The van der Waals surface area contributed by atoms with Gasteiger partial charge in [0.15, 0.2) is 6.10 Å². The van der Waals surface area contributed by atoms with E-state index in [0.717, 1.165) is 18.2 Å². The Morgan fingerprint density at radius 2 is 1.93 bits per heavy atom. The summed E-state index contributed by atoms with van der Waals surface area (Å²) < 4.78 is 33.0. The summed E-state index contributed by atoms with van der Waals surface area (Å²) in [6, 6.07) is 3.96. The van der Waals surface area contributed by atoms with Crippen molar-refractivity contribution in [3.63, 3.8) is 0 Å². The Hall–Kier alpha value is -3.86. The summed E-state index contributed by atoms with van der Waals surface area (Å²) in [4.78, 5) is 23.9. The SMILES string of the molecule is O=C1NC(c2cncc(C#Cc3cnccn3)c2)C(c2cc(F)ccc2F)O1. The second-order valence-electron chi connectivity index (χ2n) is 5.96. The van der Waals surface area contributed by atoms with Crippen molar-refractivity contribution < 1.29 is 18.3 Å². The number of nitrogens with zero attached hydrogens (tertiary/aromatic N) is 3. The van der Waals surface area contributed by atoms with Crippen LogP contribution < -0.4 is 5.32 Å². The Morgan fingerprint density at radius 1 is 1.04 bits per heavy atom. The molecule has 3 heterocycles. The van der Waals surface area contributed by atoms with E-state index in [1.54, 1.807) is 18.5 Å². The van der Waals surface area contributed by atoms with Crippen LogP contribution in [0, 0.1) is 23.5 Å². The molecule has 28 heavy (non-hydrogen) atoms. The number of aromatic nitrogens is 3. The Morgan fingerprint density at radius 3 is 2.75 bits per heavy atom. The van der Waals surface area contributed by atoms with Crippen LogP contribution in [0.5, 0.6) is 0 Å². The second-order valence-corrected chi connectivity index (χ2v) is 5.96. The number of pyridine rings is 1. The van der Waals surface area contributed by atoms with Gasteiger partial charge in [0.2, 0.25) is 0 Å². The predicted molar refractivity (Wildman–Crippen MR) is 93.7 cm³/mol. The van der Waals surface area contributed by atoms with Crippen molar-refractivity contribution in [1.29, 1.82) is 0 Å². The summed E-state index contributed by atoms with van der Waals surface area (Å²) in [5.41, 5.74) is 1.54. The van der Waals surface area contributed by atoms with Crippen LogP contribution in [0.4, 0.5) is 13.6 Å².